The molecule has 3 aromatic rings. The van der Waals surface area contributed by atoms with Crippen LogP contribution in [0.3, 0.4) is 0 Å². The van der Waals surface area contributed by atoms with Crippen molar-refractivity contribution in [2.45, 2.75) is 65.9 Å². The summed E-state index contributed by atoms with van der Waals surface area (Å²) in [7, 11) is 2.04. The van der Waals surface area contributed by atoms with Crippen LogP contribution < -0.4 is 15.0 Å². The molecule has 1 aromatic heterocycles. The minimum atomic E-state index is -0.0149. The minimum absolute atomic E-state index is 0.0149. The summed E-state index contributed by atoms with van der Waals surface area (Å²) in [5.74, 6) is 1.79. The highest BCUT2D eigenvalue weighted by atomic mass is 16.5. The van der Waals surface area contributed by atoms with Gasteiger partial charge in [0.2, 0.25) is 0 Å². The molecule has 1 N–H and O–H groups in total. The highest BCUT2D eigenvalue weighted by molar-refractivity contribution is 5.95. The van der Waals surface area contributed by atoms with Gasteiger partial charge in [-0.05, 0) is 72.4 Å². The first-order valence-corrected chi connectivity index (χ1v) is 13.2. The molecule has 0 saturated heterocycles. The molecular formula is C31H41N3O2. The number of anilines is 2. The van der Waals surface area contributed by atoms with Crippen molar-refractivity contribution in [3.05, 3.63) is 83.7 Å². The lowest BCUT2D eigenvalue weighted by Crippen LogP contribution is -2.26. The predicted octanol–water partition coefficient (Wildman–Crippen LogP) is 7.50. The van der Waals surface area contributed by atoms with E-state index < -0.39 is 0 Å². The maximum Gasteiger partial charge on any atom is 0.251 e. The fourth-order valence-corrected chi connectivity index (χ4v) is 4.48. The Kier molecular flexibility index (Phi) is 10.3. The van der Waals surface area contributed by atoms with Crippen molar-refractivity contribution in [3.8, 4) is 5.75 Å². The number of pyridine rings is 1. The van der Waals surface area contributed by atoms with Crippen LogP contribution in [0.2, 0.25) is 0 Å². The first-order chi connectivity index (χ1) is 17.4. The van der Waals surface area contributed by atoms with Gasteiger partial charge in [0.05, 0.1) is 5.69 Å². The van der Waals surface area contributed by atoms with Gasteiger partial charge in [0.25, 0.3) is 5.91 Å². The smallest absolute Gasteiger partial charge is 0.251 e. The number of hydrogen-bond donors (Lipinski definition) is 1. The third-order valence-electron chi connectivity index (χ3n) is 6.70. The maximum atomic E-state index is 12.8. The molecule has 0 radical (unpaired) electrons. The Morgan fingerprint density at radius 3 is 2.56 bits per heavy atom. The molecule has 2 aromatic carbocycles. The third kappa shape index (κ3) is 7.58. The number of rotatable bonds is 13. The highest BCUT2D eigenvalue weighted by Crippen LogP contribution is 2.35. The molecule has 5 heteroatoms. The summed E-state index contributed by atoms with van der Waals surface area (Å²) < 4.78 is 6.02. The largest absolute Gasteiger partial charge is 0.487 e. The lowest BCUT2D eigenvalue weighted by atomic mass is 9.97. The Morgan fingerprint density at radius 1 is 1.03 bits per heavy atom. The monoisotopic (exact) mass is 487 g/mol. The lowest BCUT2D eigenvalue weighted by molar-refractivity contribution is 0.0951. The average Bonchev–Trinajstić information content (AvgIpc) is 2.91. The van der Waals surface area contributed by atoms with E-state index in [1.165, 1.54) is 18.4 Å². The number of aromatic nitrogens is 1. The number of carbonyl (C=O) groups excluding carboxylic acids is 1. The van der Waals surface area contributed by atoms with Crippen LogP contribution in [0.5, 0.6) is 5.75 Å². The van der Waals surface area contributed by atoms with E-state index in [1.54, 1.807) is 6.20 Å². The Labute approximate surface area is 216 Å². The van der Waals surface area contributed by atoms with Gasteiger partial charge in [0, 0.05) is 36.7 Å². The molecule has 36 heavy (non-hydrogen) atoms. The first-order valence-electron chi connectivity index (χ1n) is 13.2. The summed E-state index contributed by atoms with van der Waals surface area (Å²) in [6, 6.07) is 19.9. The number of nitrogens with zero attached hydrogens (tertiary/aromatic N) is 2. The summed E-state index contributed by atoms with van der Waals surface area (Å²) in [6.45, 7) is 9.96. The van der Waals surface area contributed by atoms with Gasteiger partial charge in [0.15, 0.2) is 0 Å². The van der Waals surface area contributed by atoms with E-state index in [-0.39, 0.29) is 5.91 Å². The Bertz CT molecular complexity index is 1100. The standard InChI is InChI=1S/C31H41N3O2/c1-6-11-24(7-2)17-19-33-31(35)25-12-10-14-27(20-25)34(5)30-16-15-28(21-29(30)23(3)4)36-22-26-13-8-9-18-32-26/h8-10,12-16,18,20-21,23-24H,6-7,11,17,19,22H2,1-5H3,(H,33,35). The molecule has 0 aliphatic heterocycles. The Balaban J connectivity index is 1.71. The quantitative estimate of drug-likeness (QED) is 0.271. The molecule has 0 bridgehead atoms. The van der Waals surface area contributed by atoms with Crippen molar-refractivity contribution in [2.24, 2.45) is 5.92 Å². The number of benzene rings is 2. The third-order valence-corrected chi connectivity index (χ3v) is 6.70. The molecule has 0 aliphatic rings. The van der Waals surface area contributed by atoms with E-state index in [0.29, 0.717) is 24.0 Å². The van der Waals surface area contributed by atoms with Crippen molar-refractivity contribution >= 4 is 17.3 Å². The van der Waals surface area contributed by atoms with Crippen molar-refractivity contribution in [2.75, 3.05) is 18.5 Å². The molecule has 0 aliphatic carbocycles. The molecule has 1 unspecified atom stereocenters. The maximum absolute atomic E-state index is 12.8. The normalized spacial score (nSPS) is 11.8. The van der Waals surface area contributed by atoms with Gasteiger partial charge < -0.3 is 15.0 Å². The molecule has 5 nitrogen and oxygen atoms in total. The fraction of sp³-hybridized carbons (Fsp3) is 0.419. The number of hydrogen-bond acceptors (Lipinski definition) is 4. The van der Waals surface area contributed by atoms with E-state index in [1.807, 2.05) is 55.6 Å². The van der Waals surface area contributed by atoms with E-state index >= 15 is 0 Å². The summed E-state index contributed by atoms with van der Waals surface area (Å²) in [5.41, 5.74) is 4.84. The molecule has 1 amide bonds. The van der Waals surface area contributed by atoms with E-state index in [2.05, 4.69) is 55.0 Å². The number of nitrogens with one attached hydrogen (secondary N) is 1. The Hall–Kier alpha value is -3.34. The predicted molar refractivity (Wildman–Crippen MR) is 149 cm³/mol. The van der Waals surface area contributed by atoms with Crippen LogP contribution in [0, 0.1) is 5.92 Å². The van der Waals surface area contributed by atoms with Gasteiger partial charge in [-0.25, -0.2) is 0 Å². The van der Waals surface area contributed by atoms with Gasteiger partial charge in [-0.2, -0.15) is 0 Å². The van der Waals surface area contributed by atoms with Crippen molar-refractivity contribution in [1.82, 2.24) is 10.3 Å². The minimum Gasteiger partial charge on any atom is -0.487 e. The van der Waals surface area contributed by atoms with Crippen LogP contribution in [0.4, 0.5) is 11.4 Å². The zero-order valence-electron chi connectivity index (χ0n) is 22.5. The van der Waals surface area contributed by atoms with Gasteiger partial charge in [0.1, 0.15) is 12.4 Å². The van der Waals surface area contributed by atoms with E-state index in [0.717, 1.165) is 42.2 Å². The van der Waals surface area contributed by atoms with Crippen LogP contribution in [0.1, 0.15) is 80.9 Å². The van der Waals surface area contributed by atoms with Crippen molar-refractivity contribution in [3.63, 3.8) is 0 Å². The molecule has 0 fully saturated rings. The van der Waals surface area contributed by atoms with Crippen molar-refractivity contribution in [1.29, 1.82) is 0 Å². The zero-order valence-corrected chi connectivity index (χ0v) is 22.5. The van der Waals surface area contributed by atoms with Crippen LogP contribution in [0.25, 0.3) is 0 Å². The first kappa shape index (κ1) is 27.3. The van der Waals surface area contributed by atoms with E-state index in [9.17, 15) is 4.79 Å². The second-order valence-electron chi connectivity index (χ2n) is 9.70. The fourth-order valence-electron chi connectivity index (χ4n) is 4.48. The van der Waals surface area contributed by atoms with Gasteiger partial charge in [-0.3, -0.25) is 9.78 Å². The van der Waals surface area contributed by atoms with Gasteiger partial charge >= 0.3 is 0 Å². The number of amides is 1. The zero-order chi connectivity index (χ0) is 25.9. The molecular weight excluding hydrogens is 446 g/mol. The number of ether oxygens (including phenoxy) is 1. The molecule has 1 heterocycles. The number of carbonyl (C=O) groups is 1. The van der Waals surface area contributed by atoms with Gasteiger partial charge in [-0.1, -0.05) is 59.1 Å². The van der Waals surface area contributed by atoms with Crippen LogP contribution in [-0.2, 0) is 6.61 Å². The molecule has 3 rings (SSSR count). The van der Waals surface area contributed by atoms with Crippen LogP contribution in [-0.4, -0.2) is 24.5 Å². The van der Waals surface area contributed by atoms with Crippen LogP contribution >= 0.6 is 0 Å². The SMILES string of the molecule is CCCC(CC)CCNC(=O)c1cccc(N(C)c2ccc(OCc3ccccn3)cc2C(C)C)c1. The van der Waals surface area contributed by atoms with Gasteiger partial charge in [-0.15, -0.1) is 0 Å². The van der Waals surface area contributed by atoms with Crippen LogP contribution in [0.15, 0.2) is 66.9 Å². The lowest BCUT2D eigenvalue weighted by Gasteiger charge is -2.25. The molecule has 1 atom stereocenters. The summed E-state index contributed by atoms with van der Waals surface area (Å²) in [5, 5.41) is 3.11. The second kappa shape index (κ2) is 13.7. The Morgan fingerprint density at radius 2 is 1.86 bits per heavy atom. The van der Waals surface area contributed by atoms with E-state index in [4.69, 9.17) is 4.74 Å². The summed E-state index contributed by atoms with van der Waals surface area (Å²) in [6.07, 6.45) is 6.38. The average molecular weight is 488 g/mol. The second-order valence-corrected chi connectivity index (χ2v) is 9.70. The molecule has 0 saturated carbocycles. The summed E-state index contributed by atoms with van der Waals surface area (Å²) >= 11 is 0. The topological polar surface area (TPSA) is 54.5 Å². The van der Waals surface area contributed by atoms with Crippen molar-refractivity contribution < 1.29 is 9.53 Å². The highest BCUT2D eigenvalue weighted by Gasteiger charge is 2.16. The molecule has 192 valence electrons. The molecule has 0 spiro atoms. The summed E-state index contributed by atoms with van der Waals surface area (Å²) in [4.78, 5) is 19.3.